The van der Waals surface area contributed by atoms with Gasteiger partial charge in [-0.1, -0.05) is 32.3 Å². The lowest BCUT2D eigenvalue weighted by Gasteiger charge is -2.12. The first-order valence-electron chi connectivity index (χ1n) is 6.78. The second kappa shape index (κ2) is 9.25. The van der Waals surface area contributed by atoms with Crippen molar-refractivity contribution in [2.24, 2.45) is 0 Å². The van der Waals surface area contributed by atoms with Gasteiger partial charge >= 0.3 is 0 Å². The van der Waals surface area contributed by atoms with Gasteiger partial charge in [-0.15, -0.1) is 0 Å². The average molecular weight is 265 g/mol. The second-order valence-electron chi connectivity index (χ2n) is 4.39. The molecule has 1 rings (SSSR count). The number of benzene rings is 1. The highest BCUT2D eigenvalue weighted by Gasteiger charge is 2.05. The van der Waals surface area contributed by atoms with Gasteiger partial charge in [-0.25, -0.2) is 0 Å². The molecule has 0 unspecified atom stereocenters. The van der Waals surface area contributed by atoms with Crippen LogP contribution in [0.1, 0.15) is 38.2 Å². The third-order valence-corrected chi connectivity index (χ3v) is 2.87. The largest absolute Gasteiger partial charge is 0.493 e. The zero-order valence-corrected chi connectivity index (χ0v) is 11.8. The predicted octanol–water partition coefficient (Wildman–Crippen LogP) is 2.90. The molecular formula is C15H23NO3. The standard InChI is InChI=1S/C15H23NO3/c1-3-4-5-6-9-19-14-8-7-13(11-16-12-17)10-15(14)18-2/h7-8,10,12H,3-6,9,11H2,1-2H3,(H,16,17). The number of methoxy groups -OCH3 is 1. The van der Waals surface area contributed by atoms with E-state index in [2.05, 4.69) is 12.2 Å². The topological polar surface area (TPSA) is 47.6 Å². The summed E-state index contributed by atoms with van der Waals surface area (Å²) < 4.78 is 11.0. The van der Waals surface area contributed by atoms with Crippen molar-refractivity contribution >= 4 is 6.41 Å². The van der Waals surface area contributed by atoms with E-state index in [1.807, 2.05) is 18.2 Å². The van der Waals surface area contributed by atoms with Crippen molar-refractivity contribution in [3.05, 3.63) is 23.8 Å². The van der Waals surface area contributed by atoms with Gasteiger partial charge in [0, 0.05) is 6.54 Å². The normalized spacial score (nSPS) is 10.0. The average Bonchev–Trinajstić information content (AvgIpc) is 2.45. The maximum Gasteiger partial charge on any atom is 0.207 e. The highest BCUT2D eigenvalue weighted by atomic mass is 16.5. The van der Waals surface area contributed by atoms with E-state index >= 15 is 0 Å². The quantitative estimate of drug-likeness (QED) is 0.522. The summed E-state index contributed by atoms with van der Waals surface area (Å²) in [6.07, 6.45) is 5.41. The van der Waals surface area contributed by atoms with Crippen LogP contribution in [0.15, 0.2) is 18.2 Å². The predicted molar refractivity (Wildman–Crippen MR) is 75.5 cm³/mol. The van der Waals surface area contributed by atoms with Crippen LogP contribution in [0.5, 0.6) is 11.5 Å². The molecule has 0 aliphatic rings. The molecule has 0 bridgehead atoms. The SMILES string of the molecule is CCCCCCOc1ccc(CNC=O)cc1OC. The molecule has 19 heavy (non-hydrogen) atoms. The monoisotopic (exact) mass is 265 g/mol. The van der Waals surface area contributed by atoms with Crippen LogP contribution in [0.4, 0.5) is 0 Å². The third kappa shape index (κ3) is 5.64. The van der Waals surface area contributed by atoms with E-state index in [-0.39, 0.29) is 0 Å². The molecular weight excluding hydrogens is 242 g/mol. The lowest BCUT2D eigenvalue weighted by molar-refractivity contribution is -0.109. The minimum atomic E-state index is 0.497. The molecule has 0 aromatic heterocycles. The van der Waals surface area contributed by atoms with Crippen LogP contribution in [0, 0.1) is 0 Å². The molecule has 0 radical (unpaired) electrons. The smallest absolute Gasteiger partial charge is 0.207 e. The van der Waals surface area contributed by atoms with E-state index in [4.69, 9.17) is 9.47 Å². The molecule has 1 amide bonds. The Balaban J connectivity index is 2.50. The van der Waals surface area contributed by atoms with Crippen LogP contribution < -0.4 is 14.8 Å². The van der Waals surface area contributed by atoms with Gasteiger partial charge in [0.25, 0.3) is 0 Å². The van der Waals surface area contributed by atoms with Gasteiger partial charge in [0.05, 0.1) is 13.7 Å². The molecule has 4 nitrogen and oxygen atoms in total. The maximum atomic E-state index is 10.3. The summed E-state index contributed by atoms with van der Waals surface area (Å²) in [5, 5.41) is 2.62. The number of amides is 1. The first kappa shape index (κ1) is 15.3. The van der Waals surface area contributed by atoms with Crippen LogP contribution in [0.2, 0.25) is 0 Å². The Hall–Kier alpha value is -1.71. The van der Waals surface area contributed by atoms with Crippen molar-refractivity contribution < 1.29 is 14.3 Å². The van der Waals surface area contributed by atoms with Crippen LogP contribution in [-0.2, 0) is 11.3 Å². The summed E-state index contributed by atoms with van der Waals surface area (Å²) in [6, 6.07) is 5.71. The van der Waals surface area contributed by atoms with Gasteiger partial charge in [-0.05, 0) is 24.1 Å². The van der Waals surface area contributed by atoms with Crippen LogP contribution in [0.25, 0.3) is 0 Å². The van der Waals surface area contributed by atoms with Crippen molar-refractivity contribution in [1.29, 1.82) is 0 Å². The number of rotatable bonds is 10. The molecule has 0 saturated carbocycles. The van der Waals surface area contributed by atoms with E-state index in [0.717, 1.165) is 17.7 Å². The Labute approximate surface area is 115 Å². The summed E-state index contributed by atoms with van der Waals surface area (Å²) in [5.41, 5.74) is 0.988. The third-order valence-electron chi connectivity index (χ3n) is 2.87. The van der Waals surface area contributed by atoms with Gasteiger partial charge in [0.15, 0.2) is 11.5 Å². The molecule has 0 aliphatic carbocycles. The Kier molecular flexibility index (Phi) is 7.47. The zero-order valence-electron chi connectivity index (χ0n) is 11.8. The molecule has 0 heterocycles. The van der Waals surface area contributed by atoms with Gasteiger partial charge in [0.1, 0.15) is 0 Å². The van der Waals surface area contributed by atoms with E-state index < -0.39 is 0 Å². The highest BCUT2D eigenvalue weighted by Crippen LogP contribution is 2.28. The number of ether oxygens (including phenoxy) is 2. The summed E-state index contributed by atoms with van der Waals surface area (Å²) in [6.45, 7) is 3.40. The molecule has 4 heteroatoms. The van der Waals surface area contributed by atoms with Gasteiger partial charge < -0.3 is 14.8 Å². The fourth-order valence-corrected chi connectivity index (χ4v) is 1.81. The van der Waals surface area contributed by atoms with Gasteiger partial charge in [-0.3, -0.25) is 4.79 Å². The highest BCUT2D eigenvalue weighted by molar-refractivity contribution is 5.48. The van der Waals surface area contributed by atoms with Crippen molar-refractivity contribution in [3.8, 4) is 11.5 Å². The minimum absolute atomic E-state index is 0.497. The van der Waals surface area contributed by atoms with E-state index in [0.29, 0.717) is 25.3 Å². The van der Waals surface area contributed by atoms with E-state index in [9.17, 15) is 4.79 Å². The molecule has 0 aliphatic heterocycles. The number of carbonyl (C=O) groups is 1. The first-order valence-corrected chi connectivity index (χ1v) is 6.78. The molecule has 0 atom stereocenters. The Morgan fingerprint density at radius 3 is 2.74 bits per heavy atom. The summed E-state index contributed by atoms with van der Waals surface area (Å²) >= 11 is 0. The van der Waals surface area contributed by atoms with Crippen LogP contribution in [-0.4, -0.2) is 20.1 Å². The Bertz CT molecular complexity index is 380. The van der Waals surface area contributed by atoms with Crippen molar-refractivity contribution in [1.82, 2.24) is 5.32 Å². The fourth-order valence-electron chi connectivity index (χ4n) is 1.81. The van der Waals surface area contributed by atoms with Crippen molar-refractivity contribution in [2.45, 2.75) is 39.2 Å². The van der Waals surface area contributed by atoms with Gasteiger partial charge in [0.2, 0.25) is 6.41 Å². The molecule has 1 aromatic carbocycles. The summed E-state index contributed by atoms with van der Waals surface area (Å²) in [5.74, 6) is 1.47. The first-order chi connectivity index (χ1) is 9.31. The molecule has 1 aromatic rings. The molecule has 106 valence electrons. The maximum absolute atomic E-state index is 10.3. The fraction of sp³-hybridized carbons (Fsp3) is 0.533. The summed E-state index contributed by atoms with van der Waals surface area (Å²) in [7, 11) is 1.62. The number of nitrogens with one attached hydrogen (secondary N) is 1. The lowest BCUT2D eigenvalue weighted by Crippen LogP contribution is -2.09. The molecule has 0 spiro atoms. The number of hydrogen-bond donors (Lipinski definition) is 1. The number of unbranched alkanes of at least 4 members (excludes halogenated alkanes) is 3. The molecule has 0 saturated heterocycles. The van der Waals surface area contributed by atoms with Crippen molar-refractivity contribution in [3.63, 3.8) is 0 Å². The molecule has 1 N–H and O–H groups in total. The van der Waals surface area contributed by atoms with E-state index in [1.165, 1.54) is 19.3 Å². The number of carbonyl (C=O) groups excluding carboxylic acids is 1. The lowest BCUT2D eigenvalue weighted by atomic mass is 10.2. The number of hydrogen-bond acceptors (Lipinski definition) is 3. The van der Waals surface area contributed by atoms with Gasteiger partial charge in [-0.2, -0.15) is 0 Å². The van der Waals surface area contributed by atoms with E-state index in [1.54, 1.807) is 7.11 Å². The molecule has 0 fully saturated rings. The summed E-state index contributed by atoms with van der Waals surface area (Å²) in [4.78, 5) is 10.3. The Morgan fingerprint density at radius 1 is 1.21 bits per heavy atom. The van der Waals surface area contributed by atoms with Crippen LogP contribution >= 0.6 is 0 Å². The van der Waals surface area contributed by atoms with Crippen molar-refractivity contribution in [2.75, 3.05) is 13.7 Å². The second-order valence-corrected chi connectivity index (χ2v) is 4.39. The van der Waals surface area contributed by atoms with Crippen LogP contribution in [0.3, 0.4) is 0 Å². The Morgan fingerprint density at radius 2 is 2.05 bits per heavy atom. The zero-order chi connectivity index (χ0) is 13.9. The minimum Gasteiger partial charge on any atom is -0.493 e.